The Kier molecular flexibility index (Phi) is 3.65. The third kappa shape index (κ3) is 2.55. The van der Waals surface area contributed by atoms with Crippen molar-refractivity contribution in [3.63, 3.8) is 0 Å². The zero-order chi connectivity index (χ0) is 15.8. The lowest BCUT2D eigenvalue weighted by atomic mass is 10.1. The first-order chi connectivity index (χ1) is 11.2. The second-order valence-corrected chi connectivity index (χ2v) is 6.20. The van der Waals surface area contributed by atoms with Crippen LogP contribution in [0.1, 0.15) is 35.5 Å². The van der Waals surface area contributed by atoms with E-state index < -0.39 is 0 Å². The zero-order valence-electron chi connectivity index (χ0n) is 13.2. The van der Waals surface area contributed by atoms with Crippen molar-refractivity contribution in [3.05, 3.63) is 41.8 Å². The summed E-state index contributed by atoms with van der Waals surface area (Å²) in [6, 6.07) is 9.86. The molecule has 120 valence electrons. The van der Waals surface area contributed by atoms with Crippen molar-refractivity contribution in [1.29, 1.82) is 0 Å². The first-order valence-electron chi connectivity index (χ1n) is 8.19. The van der Waals surface area contributed by atoms with Crippen LogP contribution < -0.4 is 0 Å². The molecule has 5 nitrogen and oxygen atoms in total. The molecule has 1 aliphatic heterocycles. The molecule has 1 aromatic heterocycles. The van der Waals surface area contributed by atoms with Gasteiger partial charge in [0.05, 0.1) is 18.8 Å². The second kappa shape index (κ2) is 5.81. The summed E-state index contributed by atoms with van der Waals surface area (Å²) in [5, 5.41) is 0. The Balaban J connectivity index is 1.62. The van der Waals surface area contributed by atoms with Crippen molar-refractivity contribution in [2.45, 2.75) is 38.3 Å². The van der Waals surface area contributed by atoms with Crippen LogP contribution in [0.25, 0.3) is 11.5 Å². The number of nitrogens with zero attached hydrogens (tertiary/aromatic N) is 2. The fourth-order valence-electron chi connectivity index (χ4n) is 3.61. The molecule has 2 aliphatic rings. The second-order valence-electron chi connectivity index (χ2n) is 6.20. The van der Waals surface area contributed by atoms with Crippen molar-refractivity contribution in [3.8, 4) is 11.5 Å². The number of rotatable bonds is 2. The summed E-state index contributed by atoms with van der Waals surface area (Å²) >= 11 is 0. The first kappa shape index (κ1) is 14.5. The summed E-state index contributed by atoms with van der Waals surface area (Å²) in [4.78, 5) is 19.4. The van der Waals surface area contributed by atoms with Crippen LogP contribution in [0.2, 0.25) is 0 Å². The minimum absolute atomic E-state index is 0.0337. The van der Waals surface area contributed by atoms with Gasteiger partial charge in [0.15, 0.2) is 5.69 Å². The van der Waals surface area contributed by atoms with Gasteiger partial charge in [0.1, 0.15) is 5.76 Å². The average molecular weight is 312 g/mol. The monoisotopic (exact) mass is 312 g/mol. The molecular weight excluding hydrogens is 292 g/mol. The molecule has 2 aromatic rings. The van der Waals surface area contributed by atoms with E-state index in [1.807, 2.05) is 35.2 Å². The van der Waals surface area contributed by atoms with Crippen molar-refractivity contribution in [2.75, 3.05) is 13.2 Å². The SMILES string of the molecule is Cc1oc(-c2ccccc2)nc1C(=O)N1CCO[C@H]2CCC[C@@H]21. The largest absolute Gasteiger partial charge is 0.441 e. The molecule has 4 rings (SSSR count). The maximum Gasteiger partial charge on any atom is 0.276 e. The molecule has 2 heterocycles. The Morgan fingerprint density at radius 1 is 1.26 bits per heavy atom. The van der Waals surface area contributed by atoms with E-state index in [1.54, 1.807) is 6.92 Å². The van der Waals surface area contributed by atoms with E-state index in [4.69, 9.17) is 9.15 Å². The predicted octanol–water partition coefficient (Wildman–Crippen LogP) is 3.04. The molecule has 0 bridgehead atoms. The standard InChI is InChI=1S/C18H20N2O3/c1-12-16(19-17(23-12)13-6-3-2-4-7-13)18(21)20-10-11-22-15-9-5-8-14(15)20/h2-4,6-7,14-15H,5,8-11H2,1H3/t14-,15-/m0/s1. The lowest BCUT2D eigenvalue weighted by molar-refractivity contribution is -0.0447. The lowest BCUT2D eigenvalue weighted by Gasteiger charge is -2.37. The topological polar surface area (TPSA) is 55.6 Å². The van der Waals surface area contributed by atoms with Gasteiger partial charge in [-0.3, -0.25) is 4.79 Å². The van der Waals surface area contributed by atoms with E-state index >= 15 is 0 Å². The third-order valence-corrected chi connectivity index (χ3v) is 4.76. The summed E-state index contributed by atoms with van der Waals surface area (Å²) in [5.74, 6) is 1.05. The van der Waals surface area contributed by atoms with Crippen molar-refractivity contribution < 1.29 is 13.9 Å². The van der Waals surface area contributed by atoms with E-state index in [-0.39, 0.29) is 18.1 Å². The van der Waals surface area contributed by atoms with E-state index in [0.29, 0.717) is 30.5 Å². The minimum atomic E-state index is -0.0337. The van der Waals surface area contributed by atoms with Crippen LogP contribution in [0.15, 0.2) is 34.7 Å². The van der Waals surface area contributed by atoms with E-state index in [2.05, 4.69) is 4.98 Å². The van der Waals surface area contributed by atoms with E-state index in [1.165, 1.54) is 0 Å². The van der Waals surface area contributed by atoms with Gasteiger partial charge in [-0.1, -0.05) is 18.2 Å². The summed E-state index contributed by atoms with van der Waals surface area (Å²) < 4.78 is 11.5. The van der Waals surface area contributed by atoms with Crippen molar-refractivity contribution in [1.82, 2.24) is 9.88 Å². The van der Waals surface area contributed by atoms with Gasteiger partial charge >= 0.3 is 0 Å². The predicted molar refractivity (Wildman–Crippen MR) is 85.1 cm³/mol. The number of hydrogen-bond acceptors (Lipinski definition) is 4. The fourth-order valence-corrected chi connectivity index (χ4v) is 3.61. The maximum atomic E-state index is 13.0. The van der Waals surface area contributed by atoms with Gasteiger partial charge in [0.2, 0.25) is 5.89 Å². The van der Waals surface area contributed by atoms with E-state index in [0.717, 1.165) is 24.8 Å². The van der Waals surface area contributed by atoms with Gasteiger partial charge in [0.25, 0.3) is 5.91 Å². The maximum absolute atomic E-state index is 13.0. The molecule has 1 amide bonds. The van der Waals surface area contributed by atoms with Gasteiger partial charge in [-0.2, -0.15) is 0 Å². The van der Waals surface area contributed by atoms with Gasteiger partial charge in [-0.25, -0.2) is 4.98 Å². The Bertz CT molecular complexity index is 710. The number of morpholine rings is 1. The Labute approximate surface area is 135 Å². The summed E-state index contributed by atoms with van der Waals surface area (Å²) in [6.45, 7) is 3.04. The molecule has 2 atom stereocenters. The van der Waals surface area contributed by atoms with Crippen LogP contribution >= 0.6 is 0 Å². The number of carbonyl (C=O) groups is 1. The van der Waals surface area contributed by atoms with Gasteiger partial charge < -0.3 is 14.1 Å². The summed E-state index contributed by atoms with van der Waals surface area (Å²) in [6.07, 6.45) is 3.36. The average Bonchev–Trinajstić information content (AvgIpc) is 3.21. The van der Waals surface area contributed by atoms with Crippen LogP contribution in [0.4, 0.5) is 0 Å². The Morgan fingerprint density at radius 2 is 2.09 bits per heavy atom. The molecule has 0 radical (unpaired) electrons. The smallest absolute Gasteiger partial charge is 0.276 e. The van der Waals surface area contributed by atoms with Crippen LogP contribution in [0.3, 0.4) is 0 Å². The Hall–Kier alpha value is -2.14. The number of hydrogen-bond donors (Lipinski definition) is 0. The Morgan fingerprint density at radius 3 is 2.91 bits per heavy atom. The molecule has 0 unspecified atom stereocenters. The molecule has 0 N–H and O–H groups in total. The molecule has 1 saturated carbocycles. The third-order valence-electron chi connectivity index (χ3n) is 4.76. The van der Waals surface area contributed by atoms with E-state index in [9.17, 15) is 4.79 Å². The molecule has 5 heteroatoms. The van der Waals surface area contributed by atoms with Crippen molar-refractivity contribution in [2.24, 2.45) is 0 Å². The highest BCUT2D eigenvalue weighted by molar-refractivity contribution is 5.94. The summed E-state index contributed by atoms with van der Waals surface area (Å²) in [7, 11) is 0. The number of aryl methyl sites for hydroxylation is 1. The van der Waals surface area contributed by atoms with Gasteiger partial charge in [-0.15, -0.1) is 0 Å². The molecule has 23 heavy (non-hydrogen) atoms. The number of carbonyl (C=O) groups excluding carboxylic acids is 1. The fraction of sp³-hybridized carbons (Fsp3) is 0.444. The normalized spacial score (nSPS) is 23.8. The molecular formula is C18H20N2O3. The highest BCUT2D eigenvalue weighted by Gasteiger charge is 2.39. The highest BCUT2D eigenvalue weighted by Crippen LogP contribution is 2.31. The quantitative estimate of drug-likeness (QED) is 0.855. The lowest BCUT2D eigenvalue weighted by Crippen LogP contribution is -2.51. The first-order valence-corrected chi connectivity index (χ1v) is 8.19. The minimum Gasteiger partial charge on any atom is -0.441 e. The van der Waals surface area contributed by atoms with Crippen LogP contribution in [-0.4, -0.2) is 41.1 Å². The van der Waals surface area contributed by atoms with Crippen LogP contribution in [-0.2, 0) is 4.74 Å². The zero-order valence-corrected chi connectivity index (χ0v) is 13.2. The van der Waals surface area contributed by atoms with Crippen LogP contribution in [0, 0.1) is 6.92 Å². The number of ether oxygens (including phenoxy) is 1. The molecule has 2 fully saturated rings. The molecule has 1 saturated heterocycles. The number of aromatic nitrogens is 1. The molecule has 1 aliphatic carbocycles. The van der Waals surface area contributed by atoms with Crippen molar-refractivity contribution >= 4 is 5.91 Å². The van der Waals surface area contributed by atoms with Gasteiger partial charge in [0, 0.05) is 12.1 Å². The number of benzene rings is 1. The summed E-state index contributed by atoms with van der Waals surface area (Å²) in [5.41, 5.74) is 1.31. The highest BCUT2D eigenvalue weighted by atomic mass is 16.5. The molecule has 1 aromatic carbocycles. The number of oxazole rings is 1. The van der Waals surface area contributed by atoms with Gasteiger partial charge in [-0.05, 0) is 38.3 Å². The number of amides is 1. The van der Waals surface area contributed by atoms with Crippen LogP contribution in [0.5, 0.6) is 0 Å². The molecule has 0 spiro atoms. The number of fused-ring (bicyclic) bond motifs is 1.